The van der Waals surface area contributed by atoms with Crippen LogP contribution >= 0.6 is 0 Å². The van der Waals surface area contributed by atoms with Gasteiger partial charge in [0.2, 0.25) is 5.91 Å². The molecule has 1 rings (SSSR count). The molecule has 0 aliphatic rings. The molecule has 0 fully saturated rings. The molecule has 0 aliphatic carbocycles. The number of carbonyl (C=O) groups excluding carboxylic acids is 1. The monoisotopic (exact) mass is 281 g/mol. The van der Waals surface area contributed by atoms with Gasteiger partial charge in [-0.1, -0.05) is 6.92 Å². The summed E-state index contributed by atoms with van der Waals surface area (Å²) in [4.78, 5) is 16.4. The lowest BCUT2D eigenvalue weighted by Crippen LogP contribution is -2.39. The van der Waals surface area contributed by atoms with Gasteiger partial charge in [-0.25, -0.2) is 0 Å². The lowest BCUT2D eigenvalue weighted by molar-refractivity contribution is -0.132. The molecule has 0 bridgehead atoms. The fourth-order valence-corrected chi connectivity index (χ4v) is 2.04. The van der Waals surface area contributed by atoms with Gasteiger partial charge in [0.25, 0.3) is 0 Å². The minimum Gasteiger partial charge on any atom is -0.396 e. The van der Waals surface area contributed by atoms with E-state index >= 15 is 0 Å². The fourth-order valence-electron chi connectivity index (χ4n) is 2.04. The number of aryl methyl sites for hydroxylation is 1. The Morgan fingerprint density at radius 2 is 1.90 bits per heavy atom. The van der Waals surface area contributed by atoms with E-state index in [-0.39, 0.29) is 12.5 Å². The molecule has 6 heteroatoms. The molecule has 0 radical (unpaired) electrons. The highest BCUT2D eigenvalue weighted by atomic mass is 16.2. The summed E-state index contributed by atoms with van der Waals surface area (Å²) >= 11 is 0. The van der Waals surface area contributed by atoms with Crippen molar-refractivity contribution in [3.8, 4) is 0 Å². The van der Waals surface area contributed by atoms with E-state index in [1.54, 1.807) is 4.68 Å². The van der Waals surface area contributed by atoms with Crippen LogP contribution in [0.1, 0.15) is 24.7 Å². The van der Waals surface area contributed by atoms with Crippen molar-refractivity contribution in [2.45, 2.75) is 33.7 Å². The molecule has 1 heterocycles. The highest BCUT2D eigenvalue weighted by molar-refractivity contribution is 5.76. The van der Waals surface area contributed by atoms with E-state index in [0.717, 1.165) is 37.4 Å². The third-order valence-corrected chi connectivity index (χ3v) is 3.39. The summed E-state index contributed by atoms with van der Waals surface area (Å²) in [5.74, 6) is 0.0966. The molecule has 1 aromatic heterocycles. The van der Waals surface area contributed by atoms with Gasteiger partial charge in [-0.2, -0.15) is 5.10 Å². The number of hydrogen-bond acceptors (Lipinski definition) is 4. The number of anilines is 1. The van der Waals surface area contributed by atoms with Crippen molar-refractivity contribution in [2.24, 2.45) is 0 Å². The highest BCUT2D eigenvalue weighted by Crippen LogP contribution is 2.14. The largest absolute Gasteiger partial charge is 0.396 e. The number of nitrogens with two attached hydrogens (primary N) is 1. The first-order valence-corrected chi connectivity index (χ1v) is 7.08. The van der Waals surface area contributed by atoms with Crippen molar-refractivity contribution < 1.29 is 4.79 Å². The first-order chi connectivity index (χ1) is 9.36. The molecule has 0 aliphatic heterocycles. The molecule has 0 saturated carbocycles. The average Bonchev–Trinajstić information content (AvgIpc) is 2.62. The minimum absolute atomic E-state index is 0.0966. The predicted molar refractivity (Wildman–Crippen MR) is 81.5 cm³/mol. The quantitative estimate of drug-likeness (QED) is 0.806. The van der Waals surface area contributed by atoms with Crippen LogP contribution in [0.15, 0.2) is 0 Å². The number of carbonyl (C=O) groups is 1. The molecule has 0 spiro atoms. The third-order valence-electron chi connectivity index (χ3n) is 3.39. The van der Waals surface area contributed by atoms with E-state index in [1.807, 2.05) is 32.8 Å². The highest BCUT2D eigenvalue weighted by Gasteiger charge is 2.16. The van der Waals surface area contributed by atoms with Crippen LogP contribution in [0.3, 0.4) is 0 Å². The Hall–Kier alpha value is -1.56. The van der Waals surface area contributed by atoms with E-state index < -0.39 is 0 Å². The number of amides is 1. The normalized spacial score (nSPS) is 11.1. The van der Waals surface area contributed by atoms with Crippen molar-refractivity contribution in [1.82, 2.24) is 19.6 Å². The third kappa shape index (κ3) is 4.23. The van der Waals surface area contributed by atoms with Gasteiger partial charge in [0.05, 0.1) is 17.1 Å². The second-order valence-electron chi connectivity index (χ2n) is 5.43. The molecule has 0 atom stereocenters. The molecular weight excluding hydrogens is 254 g/mol. The van der Waals surface area contributed by atoms with E-state index in [2.05, 4.69) is 16.9 Å². The molecule has 114 valence electrons. The zero-order valence-electron chi connectivity index (χ0n) is 13.3. The summed E-state index contributed by atoms with van der Waals surface area (Å²) in [6, 6.07) is 0. The predicted octanol–water partition coefficient (Wildman–Crippen LogP) is 0.882. The van der Waals surface area contributed by atoms with Crippen LogP contribution in [0.2, 0.25) is 0 Å². The molecule has 0 aromatic carbocycles. The molecule has 1 aromatic rings. The zero-order valence-corrected chi connectivity index (χ0v) is 13.3. The number of nitrogens with zero attached hydrogens (tertiary/aromatic N) is 4. The van der Waals surface area contributed by atoms with Gasteiger partial charge in [-0.3, -0.25) is 9.48 Å². The van der Waals surface area contributed by atoms with Crippen molar-refractivity contribution >= 4 is 11.6 Å². The second-order valence-corrected chi connectivity index (χ2v) is 5.43. The van der Waals surface area contributed by atoms with E-state index in [1.165, 1.54) is 0 Å². The van der Waals surface area contributed by atoms with Crippen LogP contribution in [0.4, 0.5) is 5.69 Å². The Morgan fingerprint density at radius 1 is 1.25 bits per heavy atom. The minimum atomic E-state index is 0.0966. The Labute approximate surface area is 121 Å². The average molecular weight is 281 g/mol. The summed E-state index contributed by atoms with van der Waals surface area (Å²) in [5.41, 5.74) is 8.21. The van der Waals surface area contributed by atoms with E-state index in [4.69, 9.17) is 5.73 Å². The van der Waals surface area contributed by atoms with E-state index in [9.17, 15) is 4.79 Å². The van der Waals surface area contributed by atoms with Crippen LogP contribution in [0.25, 0.3) is 0 Å². The smallest absolute Gasteiger partial charge is 0.244 e. The van der Waals surface area contributed by atoms with Crippen LogP contribution in [0.5, 0.6) is 0 Å². The first-order valence-electron chi connectivity index (χ1n) is 7.08. The maximum atomic E-state index is 12.4. The van der Waals surface area contributed by atoms with Gasteiger partial charge in [0, 0.05) is 19.6 Å². The first kappa shape index (κ1) is 16.5. The van der Waals surface area contributed by atoms with Crippen molar-refractivity contribution in [2.75, 3.05) is 39.5 Å². The standard InChI is InChI=1S/C14H27N5O/c1-6-7-18(9-8-17(4)5)13(20)10-19-12(3)14(15)11(2)16-19/h6-10,15H2,1-5H3. The molecular formula is C14H27N5O. The van der Waals surface area contributed by atoms with Gasteiger partial charge in [0.1, 0.15) is 6.54 Å². The summed E-state index contributed by atoms with van der Waals surface area (Å²) < 4.78 is 1.70. The Bertz CT molecular complexity index is 453. The van der Waals surface area contributed by atoms with Gasteiger partial charge in [-0.05, 0) is 34.4 Å². The van der Waals surface area contributed by atoms with Gasteiger partial charge in [0.15, 0.2) is 0 Å². The molecule has 2 N–H and O–H groups in total. The number of aromatic nitrogens is 2. The van der Waals surface area contributed by atoms with E-state index in [0.29, 0.717) is 5.69 Å². The van der Waals surface area contributed by atoms with Crippen LogP contribution in [0, 0.1) is 13.8 Å². The van der Waals surface area contributed by atoms with Gasteiger partial charge >= 0.3 is 0 Å². The van der Waals surface area contributed by atoms with Crippen molar-refractivity contribution in [1.29, 1.82) is 0 Å². The number of rotatable bonds is 7. The lowest BCUT2D eigenvalue weighted by Gasteiger charge is -2.24. The maximum Gasteiger partial charge on any atom is 0.244 e. The van der Waals surface area contributed by atoms with Gasteiger partial charge < -0.3 is 15.5 Å². The maximum absolute atomic E-state index is 12.4. The number of likely N-dealkylation sites (N-methyl/N-ethyl adjacent to an activating group) is 1. The molecule has 6 nitrogen and oxygen atoms in total. The summed E-state index contributed by atoms with van der Waals surface area (Å²) in [7, 11) is 4.02. The number of hydrogen-bond donors (Lipinski definition) is 1. The fraction of sp³-hybridized carbons (Fsp3) is 0.714. The second kappa shape index (κ2) is 7.28. The number of nitrogen functional groups attached to an aromatic ring is 1. The molecule has 0 saturated heterocycles. The SMILES string of the molecule is CCCN(CCN(C)C)C(=O)Cn1nc(C)c(N)c1C. The zero-order chi connectivity index (χ0) is 15.3. The van der Waals surface area contributed by atoms with Crippen LogP contribution in [-0.4, -0.2) is 59.2 Å². The molecule has 1 amide bonds. The lowest BCUT2D eigenvalue weighted by atomic mass is 10.3. The molecule has 0 unspecified atom stereocenters. The Morgan fingerprint density at radius 3 is 2.35 bits per heavy atom. The Kier molecular flexibility index (Phi) is 6.01. The molecule has 20 heavy (non-hydrogen) atoms. The summed E-state index contributed by atoms with van der Waals surface area (Å²) in [5, 5.41) is 4.32. The summed E-state index contributed by atoms with van der Waals surface area (Å²) in [6.07, 6.45) is 0.957. The van der Waals surface area contributed by atoms with Gasteiger partial charge in [-0.15, -0.1) is 0 Å². The van der Waals surface area contributed by atoms with Crippen LogP contribution in [-0.2, 0) is 11.3 Å². The Balaban J connectivity index is 2.72. The van der Waals surface area contributed by atoms with Crippen molar-refractivity contribution in [3.63, 3.8) is 0 Å². The van der Waals surface area contributed by atoms with Crippen LogP contribution < -0.4 is 5.73 Å². The van der Waals surface area contributed by atoms with Crippen molar-refractivity contribution in [3.05, 3.63) is 11.4 Å². The summed E-state index contributed by atoms with van der Waals surface area (Å²) in [6.45, 7) is 8.49. The topological polar surface area (TPSA) is 67.4 Å².